The molecular weight excluding hydrogens is 273 g/mol. The first-order valence-electron chi connectivity index (χ1n) is 6.27. The summed E-state index contributed by atoms with van der Waals surface area (Å²) in [6, 6.07) is 11.9. The third-order valence-corrected chi connectivity index (χ3v) is 3.78. The largest absolute Gasteiger partial charge is 0.348 e. The lowest BCUT2D eigenvalue weighted by Crippen LogP contribution is -2.23. The van der Waals surface area contributed by atoms with Crippen LogP contribution in [0.4, 0.5) is 4.39 Å². The van der Waals surface area contributed by atoms with Crippen molar-refractivity contribution in [1.82, 2.24) is 5.32 Å². The number of aryl methyl sites for hydroxylation is 1. The van der Waals surface area contributed by atoms with Gasteiger partial charge in [-0.1, -0.05) is 18.2 Å². The Hall–Kier alpha value is -1.81. The van der Waals surface area contributed by atoms with Gasteiger partial charge >= 0.3 is 0 Å². The average Bonchev–Trinajstić information content (AvgIpc) is 2.47. The van der Waals surface area contributed by atoms with Gasteiger partial charge in [0.1, 0.15) is 5.82 Å². The molecule has 2 rings (SSSR count). The Balaban J connectivity index is 2.06. The predicted molar refractivity (Wildman–Crippen MR) is 80.5 cm³/mol. The van der Waals surface area contributed by atoms with Crippen molar-refractivity contribution in [3.05, 3.63) is 65.0 Å². The van der Waals surface area contributed by atoms with Gasteiger partial charge in [-0.2, -0.15) is 0 Å². The van der Waals surface area contributed by atoms with Crippen molar-refractivity contribution in [2.24, 2.45) is 0 Å². The van der Waals surface area contributed by atoms with Gasteiger partial charge in [-0.05, 0) is 48.6 Å². The number of hydrogen-bond acceptors (Lipinski definition) is 2. The molecule has 0 aliphatic rings. The van der Waals surface area contributed by atoms with E-state index in [0.717, 1.165) is 16.0 Å². The molecule has 0 aromatic heterocycles. The van der Waals surface area contributed by atoms with Crippen LogP contribution in [0.3, 0.4) is 0 Å². The second-order valence-electron chi connectivity index (χ2n) is 4.49. The number of halogens is 1. The van der Waals surface area contributed by atoms with Gasteiger partial charge in [0.25, 0.3) is 5.91 Å². The van der Waals surface area contributed by atoms with Crippen LogP contribution >= 0.6 is 11.8 Å². The Kier molecular flexibility index (Phi) is 4.79. The molecule has 1 amide bonds. The topological polar surface area (TPSA) is 29.1 Å². The molecule has 0 aliphatic carbocycles. The fourth-order valence-corrected chi connectivity index (χ4v) is 2.29. The molecule has 20 heavy (non-hydrogen) atoms. The van der Waals surface area contributed by atoms with Crippen LogP contribution in [0, 0.1) is 12.7 Å². The maximum Gasteiger partial charge on any atom is 0.251 e. The minimum atomic E-state index is -0.274. The molecule has 1 N–H and O–H groups in total. The van der Waals surface area contributed by atoms with Gasteiger partial charge in [0.05, 0.1) is 0 Å². The van der Waals surface area contributed by atoms with E-state index in [-0.39, 0.29) is 11.7 Å². The molecule has 2 aromatic rings. The van der Waals surface area contributed by atoms with Crippen molar-refractivity contribution in [3.63, 3.8) is 0 Å². The molecule has 2 nitrogen and oxygen atoms in total. The molecule has 0 spiro atoms. The summed E-state index contributed by atoms with van der Waals surface area (Å²) in [5.41, 5.74) is 2.50. The number of nitrogens with one attached hydrogen (secondary N) is 1. The molecule has 0 fully saturated rings. The molecule has 0 saturated carbocycles. The number of carbonyl (C=O) groups excluding carboxylic acids is 1. The fourth-order valence-electron chi connectivity index (χ4n) is 1.85. The van der Waals surface area contributed by atoms with Crippen LogP contribution in [0.2, 0.25) is 0 Å². The van der Waals surface area contributed by atoms with Gasteiger partial charge in [-0.25, -0.2) is 4.39 Å². The molecule has 4 heteroatoms. The highest BCUT2D eigenvalue weighted by molar-refractivity contribution is 7.98. The first-order chi connectivity index (χ1) is 9.60. The lowest BCUT2D eigenvalue weighted by atomic mass is 10.1. The van der Waals surface area contributed by atoms with E-state index in [4.69, 9.17) is 0 Å². The lowest BCUT2D eigenvalue weighted by molar-refractivity contribution is 0.0950. The van der Waals surface area contributed by atoms with Gasteiger partial charge in [0, 0.05) is 17.0 Å². The van der Waals surface area contributed by atoms with Crippen molar-refractivity contribution in [2.75, 3.05) is 6.26 Å². The third-order valence-electron chi connectivity index (χ3n) is 3.06. The molecule has 0 unspecified atom stereocenters. The van der Waals surface area contributed by atoms with E-state index < -0.39 is 0 Å². The molecule has 0 atom stereocenters. The standard InChI is InChI=1S/C16H16FNOS/c1-11-3-8-14(20-2)9-15(11)16(19)18-10-12-4-6-13(17)7-5-12/h3-9H,10H2,1-2H3,(H,18,19). The highest BCUT2D eigenvalue weighted by atomic mass is 32.2. The number of thioether (sulfide) groups is 1. The third kappa shape index (κ3) is 3.61. The van der Waals surface area contributed by atoms with Crippen molar-refractivity contribution < 1.29 is 9.18 Å². The molecular formula is C16H16FNOS. The molecule has 0 bridgehead atoms. The summed E-state index contributed by atoms with van der Waals surface area (Å²) in [4.78, 5) is 13.2. The first kappa shape index (κ1) is 14.6. The van der Waals surface area contributed by atoms with Gasteiger partial charge in [0.15, 0.2) is 0 Å². The predicted octanol–water partition coefficient (Wildman–Crippen LogP) is 3.79. The van der Waals surface area contributed by atoms with E-state index in [1.165, 1.54) is 12.1 Å². The summed E-state index contributed by atoms with van der Waals surface area (Å²) >= 11 is 1.60. The van der Waals surface area contributed by atoms with E-state index >= 15 is 0 Å². The zero-order chi connectivity index (χ0) is 14.5. The van der Waals surface area contributed by atoms with E-state index in [0.29, 0.717) is 12.1 Å². The van der Waals surface area contributed by atoms with Crippen molar-refractivity contribution in [1.29, 1.82) is 0 Å². The van der Waals surface area contributed by atoms with Gasteiger partial charge in [-0.15, -0.1) is 11.8 Å². The molecule has 0 radical (unpaired) electrons. The summed E-state index contributed by atoms with van der Waals surface area (Å²) in [5, 5.41) is 2.86. The van der Waals surface area contributed by atoms with Crippen LogP contribution in [0.15, 0.2) is 47.4 Å². The molecule has 0 saturated heterocycles. The van der Waals surface area contributed by atoms with Crippen LogP contribution in [-0.4, -0.2) is 12.2 Å². The van der Waals surface area contributed by atoms with Crippen LogP contribution in [0.5, 0.6) is 0 Å². The fraction of sp³-hybridized carbons (Fsp3) is 0.188. The second-order valence-corrected chi connectivity index (χ2v) is 5.37. The van der Waals surface area contributed by atoms with Gasteiger partial charge in [-0.3, -0.25) is 4.79 Å². The van der Waals surface area contributed by atoms with Crippen LogP contribution in [0.25, 0.3) is 0 Å². The summed E-state index contributed by atoms with van der Waals surface area (Å²) in [7, 11) is 0. The minimum Gasteiger partial charge on any atom is -0.348 e. The minimum absolute atomic E-state index is 0.109. The SMILES string of the molecule is CSc1ccc(C)c(C(=O)NCc2ccc(F)cc2)c1. The van der Waals surface area contributed by atoms with Crippen molar-refractivity contribution in [3.8, 4) is 0 Å². The second kappa shape index (κ2) is 6.57. The van der Waals surface area contributed by atoms with E-state index in [1.54, 1.807) is 23.9 Å². The van der Waals surface area contributed by atoms with E-state index in [9.17, 15) is 9.18 Å². The quantitative estimate of drug-likeness (QED) is 0.868. The molecule has 0 aliphatic heterocycles. The van der Waals surface area contributed by atoms with Crippen LogP contribution in [0.1, 0.15) is 21.5 Å². The van der Waals surface area contributed by atoms with Crippen molar-refractivity contribution >= 4 is 17.7 Å². The number of carbonyl (C=O) groups is 1. The normalized spacial score (nSPS) is 10.3. The van der Waals surface area contributed by atoms with Crippen LogP contribution in [-0.2, 0) is 6.54 Å². The average molecular weight is 289 g/mol. The Bertz CT molecular complexity index is 610. The number of rotatable bonds is 4. The number of hydrogen-bond donors (Lipinski definition) is 1. The molecule has 2 aromatic carbocycles. The van der Waals surface area contributed by atoms with Gasteiger partial charge in [0.2, 0.25) is 0 Å². The monoisotopic (exact) mass is 289 g/mol. The summed E-state index contributed by atoms with van der Waals surface area (Å²) in [5.74, 6) is -0.383. The Labute approximate surface area is 122 Å². The van der Waals surface area contributed by atoms with Gasteiger partial charge < -0.3 is 5.32 Å². The van der Waals surface area contributed by atoms with Crippen LogP contribution < -0.4 is 5.32 Å². The van der Waals surface area contributed by atoms with Crippen molar-refractivity contribution in [2.45, 2.75) is 18.4 Å². The first-order valence-corrected chi connectivity index (χ1v) is 7.50. The lowest BCUT2D eigenvalue weighted by Gasteiger charge is -2.09. The summed E-state index contributed by atoms with van der Waals surface area (Å²) in [6.07, 6.45) is 1.98. The van der Waals surface area contributed by atoms with E-state index in [1.807, 2.05) is 31.4 Å². The zero-order valence-corrected chi connectivity index (χ0v) is 12.3. The smallest absolute Gasteiger partial charge is 0.251 e. The van der Waals surface area contributed by atoms with E-state index in [2.05, 4.69) is 5.32 Å². The zero-order valence-electron chi connectivity index (χ0n) is 11.4. The maximum atomic E-state index is 12.8. The molecule has 104 valence electrons. The Morgan fingerprint density at radius 1 is 1.20 bits per heavy atom. The highest BCUT2D eigenvalue weighted by Crippen LogP contribution is 2.19. The highest BCUT2D eigenvalue weighted by Gasteiger charge is 2.09. The molecule has 0 heterocycles. The summed E-state index contributed by atoms with van der Waals surface area (Å²) in [6.45, 7) is 2.30. The number of amides is 1. The Morgan fingerprint density at radius 2 is 1.90 bits per heavy atom. The summed E-state index contributed by atoms with van der Waals surface area (Å²) < 4.78 is 12.8. The number of benzene rings is 2. The maximum absolute atomic E-state index is 12.8. The Morgan fingerprint density at radius 3 is 2.55 bits per heavy atom.